The number of nitrogens with one attached hydrogen (secondary N) is 1. The Morgan fingerprint density at radius 1 is 1.15 bits per heavy atom. The molecule has 140 valence electrons. The highest BCUT2D eigenvalue weighted by Crippen LogP contribution is 2.21. The highest BCUT2D eigenvalue weighted by atomic mass is 79.9. The van der Waals surface area contributed by atoms with Crippen molar-refractivity contribution in [1.29, 1.82) is 0 Å². The van der Waals surface area contributed by atoms with E-state index in [4.69, 9.17) is 4.74 Å². The minimum absolute atomic E-state index is 0.168. The van der Waals surface area contributed by atoms with Crippen molar-refractivity contribution in [3.63, 3.8) is 0 Å². The average molecular weight is 428 g/mol. The second-order valence-corrected chi connectivity index (χ2v) is 7.27. The van der Waals surface area contributed by atoms with Crippen molar-refractivity contribution in [1.82, 2.24) is 9.78 Å². The molecule has 0 saturated heterocycles. The first-order valence-corrected chi connectivity index (χ1v) is 9.55. The molecule has 0 spiro atoms. The Balaban J connectivity index is 1.62. The molecule has 1 aromatic heterocycles. The van der Waals surface area contributed by atoms with Crippen LogP contribution >= 0.6 is 15.9 Å². The molecule has 2 aromatic carbocycles. The lowest BCUT2D eigenvalue weighted by atomic mass is 10.2. The minimum Gasteiger partial charge on any atom is -0.375 e. The van der Waals surface area contributed by atoms with Crippen LogP contribution in [0.5, 0.6) is 0 Å². The van der Waals surface area contributed by atoms with E-state index in [1.807, 2.05) is 62.4 Å². The van der Waals surface area contributed by atoms with Gasteiger partial charge in [0.05, 0.1) is 26.0 Å². The summed E-state index contributed by atoms with van der Waals surface area (Å²) < 4.78 is 8.40. The van der Waals surface area contributed by atoms with E-state index >= 15 is 0 Å². The van der Waals surface area contributed by atoms with Crippen molar-refractivity contribution in [2.45, 2.75) is 27.0 Å². The van der Waals surface area contributed by atoms with Crippen LogP contribution in [0.1, 0.15) is 27.2 Å². The van der Waals surface area contributed by atoms with Crippen molar-refractivity contribution < 1.29 is 9.53 Å². The smallest absolute Gasteiger partial charge is 0.274 e. The number of aryl methyl sites for hydroxylation is 2. The van der Waals surface area contributed by atoms with Gasteiger partial charge in [-0.15, -0.1) is 0 Å². The number of benzene rings is 2. The molecule has 27 heavy (non-hydrogen) atoms. The molecule has 0 radical (unpaired) electrons. The van der Waals surface area contributed by atoms with Gasteiger partial charge in [0.1, 0.15) is 5.69 Å². The molecule has 3 rings (SSSR count). The molecule has 0 atom stereocenters. The van der Waals surface area contributed by atoms with Gasteiger partial charge in [-0.1, -0.05) is 46.3 Å². The number of nitrogens with zero attached hydrogens (tertiary/aromatic N) is 2. The largest absolute Gasteiger partial charge is 0.375 e. The Kier molecular flexibility index (Phi) is 6.42. The Hall–Kier alpha value is -2.44. The number of carbonyl (C=O) groups excluding carboxylic acids is 1. The number of hydrogen-bond acceptors (Lipinski definition) is 3. The van der Waals surface area contributed by atoms with Crippen molar-refractivity contribution in [3.8, 4) is 0 Å². The predicted octanol–water partition coefficient (Wildman–Crippen LogP) is 4.73. The molecule has 0 fully saturated rings. The number of carbonyl (C=O) groups is 1. The molecule has 1 heterocycles. The van der Waals surface area contributed by atoms with Crippen molar-refractivity contribution in [2.24, 2.45) is 0 Å². The van der Waals surface area contributed by atoms with Crippen molar-refractivity contribution in [2.75, 3.05) is 11.9 Å². The molecule has 0 aliphatic heterocycles. The minimum atomic E-state index is -0.168. The summed E-state index contributed by atoms with van der Waals surface area (Å²) >= 11 is 3.44. The van der Waals surface area contributed by atoms with Gasteiger partial charge < -0.3 is 10.1 Å². The first kappa shape index (κ1) is 19.3. The van der Waals surface area contributed by atoms with Crippen molar-refractivity contribution in [3.05, 3.63) is 81.6 Å². The third-order valence-corrected chi connectivity index (χ3v) is 4.73. The molecule has 0 aliphatic carbocycles. The van der Waals surface area contributed by atoms with E-state index in [9.17, 15) is 4.79 Å². The fraction of sp³-hybridized carbons (Fsp3) is 0.238. The molecule has 5 nitrogen and oxygen atoms in total. The van der Waals surface area contributed by atoms with Crippen LogP contribution in [0, 0.1) is 13.8 Å². The van der Waals surface area contributed by atoms with Crippen LogP contribution in [0.4, 0.5) is 5.69 Å². The lowest BCUT2D eigenvalue weighted by molar-refractivity contribution is 0.0986. The summed E-state index contributed by atoms with van der Waals surface area (Å²) in [6, 6.07) is 15.8. The molecule has 0 bridgehead atoms. The third-order valence-electron chi connectivity index (χ3n) is 4.23. The zero-order chi connectivity index (χ0) is 19.2. The lowest BCUT2D eigenvalue weighted by Crippen LogP contribution is -2.21. The van der Waals surface area contributed by atoms with Crippen LogP contribution < -0.4 is 5.32 Å². The van der Waals surface area contributed by atoms with E-state index in [-0.39, 0.29) is 5.91 Å². The standard InChI is InChI=1S/C21H22BrN3O2/c1-15-12-18(22)8-9-19(15)24-21(26)20-16(2)13-23-25(20)10-11-27-14-17-6-4-3-5-7-17/h3-9,12-13H,10-11,14H2,1-2H3,(H,24,26). The maximum absolute atomic E-state index is 12.8. The number of amides is 1. The third kappa shape index (κ3) is 5.05. The van der Waals surface area contributed by atoms with E-state index in [1.54, 1.807) is 10.9 Å². The zero-order valence-corrected chi connectivity index (χ0v) is 17.0. The van der Waals surface area contributed by atoms with Gasteiger partial charge >= 0.3 is 0 Å². The van der Waals surface area contributed by atoms with Gasteiger partial charge in [-0.2, -0.15) is 5.10 Å². The maximum Gasteiger partial charge on any atom is 0.274 e. The Morgan fingerprint density at radius 3 is 2.67 bits per heavy atom. The lowest BCUT2D eigenvalue weighted by Gasteiger charge is -2.12. The summed E-state index contributed by atoms with van der Waals surface area (Å²) in [5.74, 6) is -0.168. The van der Waals surface area contributed by atoms with Crippen LogP contribution in [0.2, 0.25) is 0 Å². The van der Waals surface area contributed by atoms with Crippen LogP contribution in [-0.2, 0) is 17.9 Å². The zero-order valence-electron chi connectivity index (χ0n) is 15.4. The summed E-state index contributed by atoms with van der Waals surface area (Å²) in [6.07, 6.45) is 1.71. The summed E-state index contributed by atoms with van der Waals surface area (Å²) in [7, 11) is 0. The van der Waals surface area contributed by atoms with Gasteiger partial charge in [-0.25, -0.2) is 0 Å². The number of halogens is 1. The monoisotopic (exact) mass is 427 g/mol. The number of anilines is 1. The molecule has 0 unspecified atom stereocenters. The SMILES string of the molecule is Cc1cc(Br)ccc1NC(=O)c1c(C)cnn1CCOCc1ccccc1. The van der Waals surface area contributed by atoms with Crippen LogP contribution in [0.15, 0.2) is 59.2 Å². The number of rotatable bonds is 7. The fourth-order valence-electron chi connectivity index (χ4n) is 2.81. The van der Waals surface area contributed by atoms with Gasteiger partial charge in [-0.3, -0.25) is 9.48 Å². The normalized spacial score (nSPS) is 10.8. The van der Waals surface area contributed by atoms with Gasteiger partial charge in [0.2, 0.25) is 0 Å². The summed E-state index contributed by atoms with van der Waals surface area (Å²) in [5, 5.41) is 7.30. The summed E-state index contributed by atoms with van der Waals surface area (Å²) in [5.41, 5.74) is 4.30. The van der Waals surface area contributed by atoms with Gasteiger partial charge in [0.15, 0.2) is 0 Å². The highest BCUT2D eigenvalue weighted by Gasteiger charge is 2.17. The molecule has 6 heteroatoms. The Morgan fingerprint density at radius 2 is 1.93 bits per heavy atom. The number of hydrogen-bond donors (Lipinski definition) is 1. The van der Waals surface area contributed by atoms with Gasteiger partial charge in [0, 0.05) is 10.2 Å². The molecule has 3 aromatic rings. The van der Waals surface area contributed by atoms with Crippen LogP contribution in [0.25, 0.3) is 0 Å². The molecular weight excluding hydrogens is 406 g/mol. The number of aromatic nitrogens is 2. The topological polar surface area (TPSA) is 56.2 Å². The predicted molar refractivity (Wildman–Crippen MR) is 110 cm³/mol. The second-order valence-electron chi connectivity index (χ2n) is 6.35. The van der Waals surface area contributed by atoms with E-state index in [0.717, 1.165) is 26.9 Å². The molecular formula is C21H22BrN3O2. The van der Waals surface area contributed by atoms with Crippen LogP contribution in [-0.4, -0.2) is 22.3 Å². The van der Waals surface area contributed by atoms with E-state index in [1.165, 1.54) is 0 Å². The molecule has 0 saturated carbocycles. The summed E-state index contributed by atoms with van der Waals surface area (Å²) in [6.45, 7) is 5.39. The van der Waals surface area contributed by atoms with E-state index in [0.29, 0.717) is 25.5 Å². The average Bonchev–Trinajstić information content (AvgIpc) is 3.02. The number of ether oxygens (including phenoxy) is 1. The first-order chi connectivity index (χ1) is 13.0. The van der Waals surface area contributed by atoms with E-state index in [2.05, 4.69) is 26.3 Å². The van der Waals surface area contributed by atoms with Crippen LogP contribution in [0.3, 0.4) is 0 Å². The quantitative estimate of drug-likeness (QED) is 0.554. The van der Waals surface area contributed by atoms with Gasteiger partial charge in [0.25, 0.3) is 5.91 Å². The van der Waals surface area contributed by atoms with Crippen molar-refractivity contribution >= 4 is 27.5 Å². The second kappa shape index (κ2) is 8.97. The Bertz CT molecular complexity index is 922. The molecule has 1 N–H and O–H groups in total. The summed E-state index contributed by atoms with van der Waals surface area (Å²) in [4.78, 5) is 12.8. The van der Waals surface area contributed by atoms with E-state index < -0.39 is 0 Å². The molecule has 0 aliphatic rings. The molecule has 1 amide bonds. The first-order valence-electron chi connectivity index (χ1n) is 8.76. The fourth-order valence-corrected chi connectivity index (χ4v) is 3.28. The van der Waals surface area contributed by atoms with Gasteiger partial charge in [-0.05, 0) is 48.7 Å². The highest BCUT2D eigenvalue weighted by molar-refractivity contribution is 9.10. The Labute approximate surface area is 167 Å². The maximum atomic E-state index is 12.8.